The molecule has 0 bridgehead atoms. The summed E-state index contributed by atoms with van der Waals surface area (Å²) in [5.74, 6) is 0.484. The molecule has 0 fully saturated rings. The average Bonchev–Trinajstić information content (AvgIpc) is 3.15. The van der Waals surface area contributed by atoms with E-state index in [-0.39, 0.29) is 5.91 Å². The molecule has 1 aromatic carbocycles. The van der Waals surface area contributed by atoms with Crippen LogP contribution in [-0.2, 0) is 13.0 Å². The first-order valence-electron chi connectivity index (χ1n) is 7.38. The summed E-state index contributed by atoms with van der Waals surface area (Å²) in [4.78, 5) is 13.0. The van der Waals surface area contributed by atoms with Gasteiger partial charge >= 0.3 is 0 Å². The van der Waals surface area contributed by atoms with Gasteiger partial charge in [0.2, 0.25) is 0 Å². The van der Waals surface area contributed by atoms with Crippen LogP contribution >= 0.6 is 11.5 Å². The molecule has 7 heteroatoms. The maximum atomic E-state index is 12.4. The topological polar surface area (TPSA) is 72.7 Å². The number of rotatable bonds is 5. The highest BCUT2D eigenvalue weighted by molar-refractivity contribution is 7.08. The van der Waals surface area contributed by atoms with Crippen LogP contribution in [0.2, 0.25) is 0 Å². The quantitative estimate of drug-likeness (QED) is 0.782. The molecule has 0 spiro atoms. The maximum absolute atomic E-state index is 12.4. The van der Waals surface area contributed by atoms with Crippen LogP contribution < -0.4 is 5.32 Å². The first-order valence-corrected chi connectivity index (χ1v) is 8.15. The van der Waals surface area contributed by atoms with Crippen LogP contribution in [0.3, 0.4) is 0 Å². The van der Waals surface area contributed by atoms with Crippen molar-refractivity contribution in [2.75, 3.05) is 5.32 Å². The summed E-state index contributed by atoms with van der Waals surface area (Å²) in [6, 6.07) is 11.9. The smallest absolute Gasteiger partial charge is 0.270 e. The first-order chi connectivity index (χ1) is 11.2. The van der Waals surface area contributed by atoms with E-state index in [0.717, 1.165) is 28.5 Å². The molecule has 0 aliphatic rings. The van der Waals surface area contributed by atoms with Crippen molar-refractivity contribution < 1.29 is 4.79 Å². The molecule has 3 aromatic rings. The molecule has 0 aliphatic heterocycles. The van der Waals surface area contributed by atoms with Gasteiger partial charge in [-0.15, -0.1) is 5.10 Å². The summed E-state index contributed by atoms with van der Waals surface area (Å²) >= 11 is 1.12. The third-order valence-electron chi connectivity index (χ3n) is 3.42. The molecule has 0 aliphatic carbocycles. The Morgan fingerprint density at radius 3 is 2.83 bits per heavy atom. The molecule has 3 rings (SSSR count). The van der Waals surface area contributed by atoms with E-state index in [2.05, 4.69) is 20.0 Å². The van der Waals surface area contributed by atoms with Crippen LogP contribution in [0.1, 0.15) is 33.5 Å². The van der Waals surface area contributed by atoms with Gasteiger partial charge in [-0.3, -0.25) is 4.79 Å². The van der Waals surface area contributed by atoms with E-state index in [1.54, 1.807) is 4.68 Å². The molecule has 23 heavy (non-hydrogen) atoms. The van der Waals surface area contributed by atoms with Gasteiger partial charge in [-0.05, 0) is 30.4 Å². The Morgan fingerprint density at radius 2 is 2.09 bits per heavy atom. The summed E-state index contributed by atoms with van der Waals surface area (Å²) < 4.78 is 5.65. The summed E-state index contributed by atoms with van der Waals surface area (Å²) in [5.41, 5.74) is 2.70. The van der Waals surface area contributed by atoms with Crippen LogP contribution in [-0.4, -0.2) is 25.3 Å². The number of anilines is 1. The lowest BCUT2D eigenvalue weighted by Crippen LogP contribution is -2.16. The highest BCUT2D eigenvalue weighted by Gasteiger charge is 2.17. The number of nitrogens with zero attached hydrogens (tertiary/aromatic N) is 4. The first kappa shape index (κ1) is 15.4. The van der Waals surface area contributed by atoms with Gasteiger partial charge in [-0.25, -0.2) is 4.68 Å². The molecule has 2 heterocycles. The number of carbonyl (C=O) groups excluding carboxylic acids is 1. The number of carbonyl (C=O) groups is 1. The summed E-state index contributed by atoms with van der Waals surface area (Å²) in [7, 11) is 0. The van der Waals surface area contributed by atoms with E-state index in [4.69, 9.17) is 0 Å². The van der Waals surface area contributed by atoms with E-state index in [9.17, 15) is 4.79 Å². The molecule has 118 valence electrons. The monoisotopic (exact) mass is 327 g/mol. The van der Waals surface area contributed by atoms with Crippen LogP contribution in [0.5, 0.6) is 0 Å². The van der Waals surface area contributed by atoms with Gasteiger partial charge in [-0.2, -0.15) is 5.10 Å². The van der Waals surface area contributed by atoms with E-state index in [0.29, 0.717) is 23.7 Å². The molecular weight excluding hydrogens is 310 g/mol. The Morgan fingerprint density at radius 1 is 1.30 bits per heavy atom. The van der Waals surface area contributed by atoms with Crippen molar-refractivity contribution in [3.63, 3.8) is 0 Å². The zero-order valence-electron chi connectivity index (χ0n) is 13.0. The number of amides is 1. The van der Waals surface area contributed by atoms with Crippen LogP contribution in [0.4, 0.5) is 5.82 Å². The number of hydrogen-bond donors (Lipinski definition) is 1. The fourth-order valence-corrected chi connectivity index (χ4v) is 2.95. The van der Waals surface area contributed by atoms with Crippen LogP contribution in [0.25, 0.3) is 0 Å². The zero-order chi connectivity index (χ0) is 16.2. The maximum Gasteiger partial charge on any atom is 0.270 e. The highest BCUT2D eigenvalue weighted by atomic mass is 32.1. The van der Waals surface area contributed by atoms with E-state index in [1.807, 2.05) is 50.2 Å². The average molecular weight is 327 g/mol. The minimum Gasteiger partial charge on any atom is -0.306 e. The SMILES string of the molecule is CCc1nnsc1C(=O)Nc1cc(C)nn1Cc1ccccc1. The van der Waals surface area contributed by atoms with Gasteiger partial charge in [-0.1, -0.05) is 41.7 Å². The predicted octanol–water partition coefficient (Wildman–Crippen LogP) is 2.91. The predicted molar refractivity (Wildman–Crippen MR) is 89.7 cm³/mol. The van der Waals surface area contributed by atoms with Crippen molar-refractivity contribution in [3.8, 4) is 0 Å². The molecule has 1 amide bonds. The largest absolute Gasteiger partial charge is 0.306 e. The minimum atomic E-state index is -0.189. The third-order valence-corrected chi connectivity index (χ3v) is 4.18. The molecular formula is C16H17N5OS. The number of hydrogen-bond acceptors (Lipinski definition) is 5. The molecule has 0 radical (unpaired) electrons. The number of aromatic nitrogens is 4. The van der Waals surface area contributed by atoms with E-state index in [1.165, 1.54) is 0 Å². The van der Waals surface area contributed by atoms with Gasteiger partial charge in [0.05, 0.1) is 17.9 Å². The Labute approximate surface area is 138 Å². The van der Waals surface area contributed by atoms with E-state index >= 15 is 0 Å². The lowest BCUT2D eigenvalue weighted by atomic mass is 10.2. The highest BCUT2D eigenvalue weighted by Crippen LogP contribution is 2.17. The lowest BCUT2D eigenvalue weighted by Gasteiger charge is -2.08. The standard InChI is InChI=1S/C16H17N5OS/c1-3-13-15(23-20-18-13)16(22)17-14-9-11(2)19-21(14)10-12-7-5-4-6-8-12/h4-9H,3,10H2,1-2H3,(H,17,22). The number of nitrogens with one attached hydrogen (secondary N) is 1. The van der Waals surface area contributed by atoms with Gasteiger partial charge in [0.15, 0.2) is 0 Å². The van der Waals surface area contributed by atoms with Gasteiger partial charge in [0.1, 0.15) is 10.7 Å². The summed E-state index contributed by atoms with van der Waals surface area (Å²) in [6.45, 7) is 4.46. The number of aryl methyl sites for hydroxylation is 2. The van der Waals surface area contributed by atoms with Crippen molar-refractivity contribution in [2.24, 2.45) is 0 Å². The number of benzene rings is 1. The second-order valence-corrected chi connectivity index (χ2v) is 5.92. The van der Waals surface area contributed by atoms with Crippen molar-refractivity contribution in [1.29, 1.82) is 0 Å². The van der Waals surface area contributed by atoms with E-state index < -0.39 is 0 Å². The molecule has 2 aromatic heterocycles. The van der Waals surface area contributed by atoms with Crippen molar-refractivity contribution in [3.05, 3.63) is 58.2 Å². The van der Waals surface area contributed by atoms with Crippen molar-refractivity contribution in [2.45, 2.75) is 26.8 Å². The minimum absolute atomic E-state index is 0.189. The summed E-state index contributed by atoms with van der Waals surface area (Å²) in [5, 5.41) is 11.4. The molecule has 0 saturated heterocycles. The second-order valence-electron chi connectivity index (χ2n) is 5.17. The molecule has 0 unspecified atom stereocenters. The Kier molecular flexibility index (Phi) is 4.47. The van der Waals surface area contributed by atoms with Gasteiger partial charge in [0, 0.05) is 6.07 Å². The molecule has 0 saturated carbocycles. The summed E-state index contributed by atoms with van der Waals surface area (Å²) in [6.07, 6.45) is 0.682. The normalized spacial score (nSPS) is 10.7. The Balaban J connectivity index is 1.82. The van der Waals surface area contributed by atoms with Crippen LogP contribution in [0.15, 0.2) is 36.4 Å². The fourth-order valence-electron chi connectivity index (χ4n) is 2.31. The third kappa shape index (κ3) is 3.45. The molecule has 6 nitrogen and oxygen atoms in total. The Hall–Kier alpha value is -2.54. The molecule has 0 atom stereocenters. The van der Waals surface area contributed by atoms with Crippen molar-refractivity contribution >= 4 is 23.3 Å². The second kappa shape index (κ2) is 6.70. The van der Waals surface area contributed by atoms with Gasteiger partial charge in [0.25, 0.3) is 5.91 Å². The molecule has 1 N–H and O–H groups in total. The van der Waals surface area contributed by atoms with Gasteiger partial charge < -0.3 is 5.32 Å². The fraction of sp³-hybridized carbons (Fsp3) is 0.250. The lowest BCUT2D eigenvalue weighted by molar-refractivity contribution is 0.102. The zero-order valence-corrected chi connectivity index (χ0v) is 13.8. The van der Waals surface area contributed by atoms with Crippen molar-refractivity contribution in [1.82, 2.24) is 19.4 Å². The Bertz CT molecular complexity index is 809. The van der Waals surface area contributed by atoms with Crippen LogP contribution in [0, 0.1) is 6.92 Å².